The van der Waals surface area contributed by atoms with E-state index >= 15 is 0 Å². The van der Waals surface area contributed by atoms with E-state index in [2.05, 4.69) is 31.2 Å². The third kappa shape index (κ3) is 9.65. The minimum absolute atomic E-state index is 0.0355. The lowest BCUT2D eigenvalue weighted by Crippen LogP contribution is -2.62. The number of likely N-dealkylation sites (tertiary alicyclic amines) is 1. The molecule has 1 aliphatic heterocycles. The molecule has 1 aromatic rings. The Morgan fingerprint density at radius 2 is 1.63 bits per heavy atom. The molecule has 0 bridgehead atoms. The molecule has 3 saturated carbocycles. The SMILES string of the molecule is CCCC(NC(=O)C1C2CCCC2CN1C(=O)C(NC(=O)C(NC(=O)c1cnccn1)C1CCCCC1)C(C)(C)C)C(OC(C)=O)C(=O)NC1CC1. The molecule has 14 heteroatoms. The van der Waals surface area contributed by atoms with Crippen molar-refractivity contribution in [1.29, 1.82) is 0 Å². The summed E-state index contributed by atoms with van der Waals surface area (Å²) in [6.45, 7) is 9.14. The standard InChI is InChI=1S/C38H57N7O7/c1-6-11-27(31(52-22(2)46)36(50)41-25-16-17-25)42-35(49)30-26-15-10-14-24(26)21-45(30)37(51)32(38(3,4)5)44-34(48)29(23-12-8-7-9-13-23)43-33(47)28-20-39-18-19-40-28/h18-20,23-27,29-32H,6-17,21H2,1-5H3,(H,41,50)(H,42,49)(H,43,47)(H,44,48). The fourth-order valence-electron chi connectivity index (χ4n) is 8.30. The summed E-state index contributed by atoms with van der Waals surface area (Å²) in [5.74, 6) is -2.88. The highest BCUT2D eigenvalue weighted by Gasteiger charge is 2.52. The summed E-state index contributed by atoms with van der Waals surface area (Å²) < 4.78 is 5.50. The molecule has 1 saturated heterocycles. The number of carbonyl (C=O) groups is 6. The Morgan fingerprint density at radius 1 is 0.904 bits per heavy atom. The van der Waals surface area contributed by atoms with E-state index in [1.54, 1.807) is 4.90 Å². The van der Waals surface area contributed by atoms with Gasteiger partial charge < -0.3 is 30.9 Å². The van der Waals surface area contributed by atoms with E-state index in [1.807, 2.05) is 27.7 Å². The molecule has 286 valence electrons. The lowest BCUT2D eigenvalue weighted by molar-refractivity contribution is -0.157. The Balaban J connectivity index is 1.38. The van der Waals surface area contributed by atoms with Gasteiger partial charge in [0.15, 0.2) is 6.10 Å². The van der Waals surface area contributed by atoms with Crippen molar-refractivity contribution in [2.45, 2.75) is 148 Å². The lowest BCUT2D eigenvalue weighted by Gasteiger charge is -2.38. The highest BCUT2D eigenvalue weighted by atomic mass is 16.5. The lowest BCUT2D eigenvalue weighted by atomic mass is 9.82. The first kappa shape index (κ1) is 39.1. The topological polar surface area (TPSA) is 189 Å². The van der Waals surface area contributed by atoms with Crippen LogP contribution < -0.4 is 21.3 Å². The van der Waals surface area contributed by atoms with E-state index < -0.39 is 65.3 Å². The molecule has 14 nitrogen and oxygen atoms in total. The van der Waals surface area contributed by atoms with E-state index in [-0.39, 0.29) is 35.4 Å². The van der Waals surface area contributed by atoms with Crippen molar-refractivity contribution in [1.82, 2.24) is 36.1 Å². The number of hydrogen-bond acceptors (Lipinski definition) is 9. The number of aromatic nitrogens is 2. The summed E-state index contributed by atoms with van der Waals surface area (Å²) in [4.78, 5) is 91.6. The Labute approximate surface area is 306 Å². The van der Waals surface area contributed by atoms with Gasteiger partial charge in [0.25, 0.3) is 11.8 Å². The van der Waals surface area contributed by atoms with E-state index in [9.17, 15) is 28.8 Å². The van der Waals surface area contributed by atoms with Crippen LogP contribution in [0.3, 0.4) is 0 Å². The van der Waals surface area contributed by atoms with Crippen LogP contribution in [0.15, 0.2) is 18.6 Å². The highest BCUT2D eigenvalue weighted by Crippen LogP contribution is 2.43. The van der Waals surface area contributed by atoms with E-state index in [0.717, 1.165) is 64.2 Å². The Bertz CT molecular complexity index is 1460. The van der Waals surface area contributed by atoms with Crippen molar-refractivity contribution in [2.75, 3.05) is 6.54 Å². The van der Waals surface area contributed by atoms with Gasteiger partial charge in [0.1, 0.15) is 23.8 Å². The minimum Gasteiger partial charge on any atom is -0.450 e. The Hall–Kier alpha value is -4.10. The summed E-state index contributed by atoms with van der Waals surface area (Å²) in [5.41, 5.74) is -0.650. The molecule has 5 amide bonds. The summed E-state index contributed by atoms with van der Waals surface area (Å²) in [7, 11) is 0. The van der Waals surface area contributed by atoms with Crippen LogP contribution in [0.5, 0.6) is 0 Å². The van der Waals surface area contributed by atoms with E-state index in [0.29, 0.717) is 19.4 Å². The number of nitrogens with zero attached hydrogens (tertiary/aromatic N) is 3. The third-order valence-electron chi connectivity index (χ3n) is 11.1. The van der Waals surface area contributed by atoms with Crippen LogP contribution in [-0.4, -0.2) is 93.2 Å². The molecule has 4 fully saturated rings. The molecule has 1 aromatic heterocycles. The predicted molar refractivity (Wildman–Crippen MR) is 191 cm³/mol. The van der Waals surface area contributed by atoms with Crippen molar-refractivity contribution < 1.29 is 33.5 Å². The first-order chi connectivity index (χ1) is 24.8. The van der Waals surface area contributed by atoms with Gasteiger partial charge in [0.05, 0.1) is 12.2 Å². The van der Waals surface area contributed by atoms with Gasteiger partial charge in [-0.1, -0.05) is 59.8 Å². The molecular formula is C38H57N7O7. The van der Waals surface area contributed by atoms with Gasteiger partial charge in [-0.25, -0.2) is 4.98 Å². The Kier molecular flexibility index (Phi) is 12.9. The van der Waals surface area contributed by atoms with Crippen LogP contribution in [0.2, 0.25) is 0 Å². The maximum absolute atomic E-state index is 14.7. The third-order valence-corrected chi connectivity index (χ3v) is 11.1. The molecule has 4 N–H and O–H groups in total. The molecule has 0 radical (unpaired) electrons. The zero-order valence-electron chi connectivity index (χ0n) is 31.3. The molecule has 5 rings (SSSR count). The smallest absolute Gasteiger partial charge is 0.303 e. The van der Waals surface area contributed by atoms with Crippen molar-refractivity contribution in [3.63, 3.8) is 0 Å². The van der Waals surface area contributed by atoms with Gasteiger partial charge in [-0.3, -0.25) is 33.8 Å². The van der Waals surface area contributed by atoms with Crippen molar-refractivity contribution in [3.05, 3.63) is 24.3 Å². The van der Waals surface area contributed by atoms with Crippen molar-refractivity contribution in [2.24, 2.45) is 23.2 Å². The van der Waals surface area contributed by atoms with Gasteiger partial charge in [0, 0.05) is 31.9 Å². The number of hydrogen-bond donors (Lipinski definition) is 4. The molecule has 0 spiro atoms. The van der Waals surface area contributed by atoms with Gasteiger partial charge in [-0.05, 0) is 68.1 Å². The van der Waals surface area contributed by atoms with E-state index in [4.69, 9.17) is 4.74 Å². The molecule has 4 aliphatic rings. The van der Waals surface area contributed by atoms with Gasteiger partial charge in [-0.2, -0.15) is 0 Å². The quantitative estimate of drug-likeness (QED) is 0.209. The predicted octanol–water partition coefficient (Wildman–Crippen LogP) is 2.81. The summed E-state index contributed by atoms with van der Waals surface area (Å²) in [6.07, 6.45) is 12.8. The Morgan fingerprint density at radius 3 is 2.25 bits per heavy atom. The zero-order valence-corrected chi connectivity index (χ0v) is 31.3. The number of ether oxygens (including phenoxy) is 1. The number of rotatable bonds is 14. The first-order valence-corrected chi connectivity index (χ1v) is 19.2. The molecule has 7 unspecified atom stereocenters. The van der Waals surface area contributed by atoms with Crippen LogP contribution in [-0.2, 0) is 28.7 Å². The number of carbonyl (C=O) groups excluding carboxylic acids is 6. The molecule has 52 heavy (non-hydrogen) atoms. The van der Waals surface area contributed by atoms with Crippen molar-refractivity contribution in [3.8, 4) is 0 Å². The van der Waals surface area contributed by atoms with Crippen LogP contribution in [0.25, 0.3) is 0 Å². The van der Waals surface area contributed by atoms with Crippen LogP contribution in [0.4, 0.5) is 0 Å². The average Bonchev–Trinajstić information content (AvgIpc) is 3.68. The number of esters is 1. The molecule has 3 aliphatic carbocycles. The zero-order chi connectivity index (χ0) is 37.6. The second-order valence-electron chi connectivity index (χ2n) is 16.3. The second kappa shape index (κ2) is 17.2. The number of fused-ring (bicyclic) bond motifs is 1. The minimum atomic E-state index is -1.21. The maximum Gasteiger partial charge on any atom is 0.303 e. The molecular weight excluding hydrogens is 666 g/mol. The summed E-state index contributed by atoms with van der Waals surface area (Å²) in [6, 6.07) is -3.47. The highest BCUT2D eigenvalue weighted by molar-refractivity contribution is 5.98. The fraction of sp³-hybridized carbons (Fsp3) is 0.737. The van der Waals surface area contributed by atoms with Crippen LogP contribution in [0.1, 0.15) is 122 Å². The monoisotopic (exact) mass is 723 g/mol. The summed E-state index contributed by atoms with van der Waals surface area (Å²) >= 11 is 0. The molecule has 0 aromatic carbocycles. The average molecular weight is 724 g/mol. The molecule has 7 atom stereocenters. The molecule has 2 heterocycles. The summed E-state index contributed by atoms with van der Waals surface area (Å²) in [5, 5.41) is 11.9. The number of amides is 5. The first-order valence-electron chi connectivity index (χ1n) is 19.2. The van der Waals surface area contributed by atoms with Gasteiger partial charge in [0.2, 0.25) is 17.7 Å². The maximum atomic E-state index is 14.7. The normalized spacial score (nSPS) is 24.1. The largest absolute Gasteiger partial charge is 0.450 e. The fourth-order valence-corrected chi connectivity index (χ4v) is 8.30. The van der Waals surface area contributed by atoms with Crippen LogP contribution in [0, 0.1) is 23.2 Å². The van der Waals surface area contributed by atoms with Crippen molar-refractivity contribution >= 4 is 35.5 Å². The van der Waals surface area contributed by atoms with E-state index in [1.165, 1.54) is 25.5 Å². The van der Waals surface area contributed by atoms with Gasteiger partial charge in [-0.15, -0.1) is 0 Å². The van der Waals surface area contributed by atoms with Crippen LogP contribution >= 0.6 is 0 Å². The number of nitrogens with one attached hydrogen (secondary N) is 4. The van der Waals surface area contributed by atoms with Gasteiger partial charge >= 0.3 is 5.97 Å². The second-order valence-corrected chi connectivity index (χ2v) is 16.3.